The summed E-state index contributed by atoms with van der Waals surface area (Å²) in [5.41, 5.74) is 0.855. The minimum absolute atomic E-state index is 0.0224. The zero-order valence-corrected chi connectivity index (χ0v) is 14.9. The van der Waals surface area contributed by atoms with E-state index in [1.807, 2.05) is 11.8 Å². The molecule has 1 atom stereocenters. The Morgan fingerprint density at radius 3 is 2.52 bits per heavy atom. The topological polar surface area (TPSA) is 49.6 Å². The zero-order valence-electron chi connectivity index (χ0n) is 14.9. The van der Waals surface area contributed by atoms with Crippen LogP contribution in [-0.2, 0) is 23.2 Å². The van der Waals surface area contributed by atoms with Gasteiger partial charge in [0.05, 0.1) is 12.6 Å². The third-order valence-corrected chi connectivity index (χ3v) is 4.98. The number of amides is 1. The van der Waals surface area contributed by atoms with Crippen LogP contribution >= 0.6 is 0 Å². The predicted octanol–water partition coefficient (Wildman–Crippen LogP) is 2.73. The molecule has 2 aliphatic rings. The first-order valence-corrected chi connectivity index (χ1v) is 8.88. The van der Waals surface area contributed by atoms with Crippen LogP contribution < -0.4 is 0 Å². The van der Waals surface area contributed by atoms with Crippen molar-refractivity contribution in [3.63, 3.8) is 0 Å². The quantitative estimate of drug-likeness (QED) is 0.841. The van der Waals surface area contributed by atoms with Crippen LogP contribution in [0.3, 0.4) is 0 Å². The molecule has 1 aromatic rings. The summed E-state index contributed by atoms with van der Waals surface area (Å²) in [7, 11) is 0. The van der Waals surface area contributed by atoms with Gasteiger partial charge in [0.15, 0.2) is 5.89 Å². The fourth-order valence-corrected chi connectivity index (χ4v) is 3.43. The van der Waals surface area contributed by atoms with Crippen LogP contribution in [-0.4, -0.2) is 46.4 Å². The molecule has 23 heavy (non-hydrogen) atoms. The lowest BCUT2D eigenvalue weighted by Crippen LogP contribution is -2.49. The minimum Gasteiger partial charge on any atom is -0.445 e. The molecule has 5 heteroatoms. The molecule has 1 saturated heterocycles. The van der Waals surface area contributed by atoms with Gasteiger partial charge in [0.1, 0.15) is 11.5 Å². The molecule has 1 amide bonds. The molecule has 0 bridgehead atoms. The molecule has 3 rings (SSSR count). The van der Waals surface area contributed by atoms with Crippen LogP contribution in [0.4, 0.5) is 0 Å². The second-order valence-corrected chi connectivity index (χ2v) is 7.92. The van der Waals surface area contributed by atoms with E-state index in [1.54, 1.807) is 0 Å². The van der Waals surface area contributed by atoms with Gasteiger partial charge in [0.2, 0.25) is 5.91 Å². The van der Waals surface area contributed by atoms with E-state index in [-0.39, 0.29) is 17.4 Å². The predicted molar refractivity (Wildman–Crippen MR) is 89.2 cm³/mol. The minimum atomic E-state index is -0.0900. The van der Waals surface area contributed by atoms with Gasteiger partial charge in [-0.2, -0.15) is 0 Å². The lowest BCUT2D eigenvalue weighted by Gasteiger charge is -2.35. The fraction of sp³-hybridized carbons (Fsp3) is 0.778. The van der Waals surface area contributed by atoms with Crippen molar-refractivity contribution in [2.45, 2.75) is 71.4 Å². The molecular weight excluding hydrogens is 290 g/mol. The maximum Gasteiger partial charge on any atom is 0.240 e. The number of carbonyl (C=O) groups is 1. The van der Waals surface area contributed by atoms with Crippen LogP contribution in [0.1, 0.15) is 64.3 Å². The monoisotopic (exact) mass is 319 g/mol. The molecule has 2 aliphatic heterocycles. The molecule has 0 aromatic carbocycles. The Kier molecular flexibility index (Phi) is 4.50. The first-order chi connectivity index (χ1) is 10.9. The van der Waals surface area contributed by atoms with Gasteiger partial charge in [0, 0.05) is 18.4 Å². The van der Waals surface area contributed by atoms with Gasteiger partial charge in [-0.05, 0) is 32.9 Å². The Bertz CT molecular complexity index is 567. The van der Waals surface area contributed by atoms with E-state index >= 15 is 0 Å². The average molecular weight is 319 g/mol. The van der Waals surface area contributed by atoms with E-state index in [0.717, 1.165) is 43.4 Å². The van der Waals surface area contributed by atoms with E-state index in [4.69, 9.17) is 4.42 Å². The maximum absolute atomic E-state index is 12.8. The van der Waals surface area contributed by atoms with E-state index in [2.05, 4.69) is 30.7 Å². The Morgan fingerprint density at radius 2 is 1.87 bits per heavy atom. The van der Waals surface area contributed by atoms with Crippen LogP contribution in [0.25, 0.3) is 0 Å². The first kappa shape index (κ1) is 16.5. The summed E-state index contributed by atoms with van der Waals surface area (Å²) in [5.74, 6) is 1.98. The number of likely N-dealkylation sites (tertiary alicyclic amines) is 1. The molecule has 1 fully saturated rings. The van der Waals surface area contributed by atoms with Crippen LogP contribution in [0.5, 0.6) is 0 Å². The van der Waals surface area contributed by atoms with Crippen LogP contribution in [0.2, 0.25) is 0 Å². The van der Waals surface area contributed by atoms with Crippen LogP contribution in [0.15, 0.2) is 4.42 Å². The molecule has 3 heterocycles. The zero-order chi connectivity index (χ0) is 16.6. The second-order valence-electron chi connectivity index (χ2n) is 7.92. The Morgan fingerprint density at radius 1 is 1.17 bits per heavy atom. The molecule has 128 valence electrons. The Hall–Kier alpha value is -1.36. The van der Waals surface area contributed by atoms with Crippen LogP contribution in [0, 0.1) is 0 Å². The molecule has 1 aromatic heterocycles. The third kappa shape index (κ3) is 3.44. The van der Waals surface area contributed by atoms with Gasteiger partial charge in [-0.3, -0.25) is 9.69 Å². The van der Waals surface area contributed by atoms with Crippen molar-refractivity contribution in [1.82, 2.24) is 14.8 Å². The number of rotatable bonds is 2. The Balaban J connectivity index is 1.68. The SMILES string of the molecule is CC(C(=O)N1CCc2oc(C(C)(C)C)nc2C1)N1CCCCC1. The maximum atomic E-state index is 12.8. The molecule has 0 N–H and O–H groups in total. The molecule has 0 spiro atoms. The number of oxazole rings is 1. The summed E-state index contributed by atoms with van der Waals surface area (Å²) in [6.45, 7) is 11.8. The number of hydrogen-bond donors (Lipinski definition) is 0. The normalized spacial score (nSPS) is 21.1. The van der Waals surface area contributed by atoms with Gasteiger partial charge >= 0.3 is 0 Å². The summed E-state index contributed by atoms with van der Waals surface area (Å²) in [4.78, 5) is 21.8. The van der Waals surface area contributed by atoms with E-state index in [0.29, 0.717) is 6.54 Å². The number of carbonyl (C=O) groups excluding carboxylic acids is 1. The highest BCUT2D eigenvalue weighted by Crippen LogP contribution is 2.28. The summed E-state index contributed by atoms with van der Waals surface area (Å²) < 4.78 is 5.92. The summed E-state index contributed by atoms with van der Waals surface area (Å²) >= 11 is 0. The molecule has 5 nitrogen and oxygen atoms in total. The van der Waals surface area contributed by atoms with Crippen molar-refractivity contribution in [2.24, 2.45) is 0 Å². The standard InChI is InChI=1S/C18H29N3O2/c1-13(20-9-6-5-7-10-20)16(22)21-11-8-15-14(12-21)19-17(23-15)18(2,3)4/h13H,5-12H2,1-4H3. The van der Waals surface area contributed by atoms with Crippen molar-refractivity contribution in [2.75, 3.05) is 19.6 Å². The van der Waals surface area contributed by atoms with Crippen molar-refractivity contribution in [3.05, 3.63) is 17.3 Å². The highest BCUT2D eigenvalue weighted by molar-refractivity contribution is 5.81. The van der Waals surface area contributed by atoms with Crippen molar-refractivity contribution >= 4 is 5.91 Å². The summed E-state index contributed by atoms with van der Waals surface area (Å²) in [6, 6.07) is -0.0224. The van der Waals surface area contributed by atoms with Gasteiger partial charge in [0.25, 0.3) is 0 Å². The largest absolute Gasteiger partial charge is 0.445 e. The first-order valence-electron chi connectivity index (χ1n) is 8.88. The second kappa shape index (κ2) is 6.27. The van der Waals surface area contributed by atoms with E-state index in [9.17, 15) is 4.79 Å². The summed E-state index contributed by atoms with van der Waals surface area (Å²) in [5, 5.41) is 0. The van der Waals surface area contributed by atoms with E-state index in [1.165, 1.54) is 19.3 Å². The van der Waals surface area contributed by atoms with E-state index < -0.39 is 0 Å². The highest BCUT2D eigenvalue weighted by Gasteiger charge is 2.32. The molecule has 0 saturated carbocycles. The highest BCUT2D eigenvalue weighted by atomic mass is 16.4. The van der Waals surface area contributed by atoms with Crippen molar-refractivity contribution < 1.29 is 9.21 Å². The van der Waals surface area contributed by atoms with Gasteiger partial charge < -0.3 is 9.32 Å². The van der Waals surface area contributed by atoms with Gasteiger partial charge in [-0.15, -0.1) is 0 Å². The number of nitrogens with zero attached hydrogens (tertiary/aromatic N) is 3. The molecule has 0 radical (unpaired) electrons. The smallest absolute Gasteiger partial charge is 0.240 e. The third-order valence-electron chi connectivity index (χ3n) is 4.98. The number of piperidine rings is 1. The lowest BCUT2D eigenvalue weighted by molar-refractivity contribution is -0.137. The molecular formula is C18H29N3O2. The van der Waals surface area contributed by atoms with Crippen molar-refractivity contribution in [1.29, 1.82) is 0 Å². The number of aromatic nitrogens is 1. The lowest BCUT2D eigenvalue weighted by atomic mass is 9.97. The van der Waals surface area contributed by atoms with Gasteiger partial charge in [-0.25, -0.2) is 4.98 Å². The summed E-state index contributed by atoms with van der Waals surface area (Å²) in [6.07, 6.45) is 4.48. The fourth-order valence-electron chi connectivity index (χ4n) is 3.43. The Labute approximate surface area is 139 Å². The molecule has 1 unspecified atom stereocenters. The molecule has 0 aliphatic carbocycles. The average Bonchev–Trinajstić information content (AvgIpc) is 2.97. The van der Waals surface area contributed by atoms with Gasteiger partial charge in [-0.1, -0.05) is 27.2 Å². The van der Waals surface area contributed by atoms with Crippen molar-refractivity contribution in [3.8, 4) is 0 Å². The number of hydrogen-bond acceptors (Lipinski definition) is 4. The number of fused-ring (bicyclic) bond motifs is 1.